The fourth-order valence-electron chi connectivity index (χ4n) is 5.39. The summed E-state index contributed by atoms with van der Waals surface area (Å²) in [5.74, 6) is -0.885. The van der Waals surface area contributed by atoms with Crippen LogP contribution < -0.4 is 20.0 Å². The Balaban J connectivity index is 0.000000166. The van der Waals surface area contributed by atoms with E-state index in [0.29, 0.717) is 39.4 Å². The first-order valence-electron chi connectivity index (χ1n) is 16.5. The zero-order valence-corrected chi connectivity index (χ0v) is 29.1. The fourth-order valence-corrected chi connectivity index (χ4v) is 5.39. The number of ether oxygens (including phenoxy) is 3. The topological polar surface area (TPSA) is 152 Å². The summed E-state index contributed by atoms with van der Waals surface area (Å²) in [6.07, 6.45) is -3.27. The minimum Gasteiger partial charge on any atom is -0.426 e. The number of carbonyl (C=O) groups is 1. The molecule has 0 amide bonds. The highest BCUT2D eigenvalue weighted by atomic mass is 19.4. The normalized spacial score (nSPS) is 12.1. The van der Waals surface area contributed by atoms with Crippen molar-refractivity contribution in [1.29, 1.82) is 0 Å². The summed E-state index contributed by atoms with van der Waals surface area (Å²) in [6.45, 7) is 0.193. The molecule has 57 heavy (non-hydrogen) atoms. The summed E-state index contributed by atoms with van der Waals surface area (Å²) >= 11 is 0. The summed E-state index contributed by atoms with van der Waals surface area (Å²) in [5.41, 5.74) is 5.92. The van der Waals surface area contributed by atoms with Gasteiger partial charge in [-0.2, -0.15) is 0 Å². The number of aliphatic hydroxyl groups excluding tert-OH is 1. The quantitative estimate of drug-likeness (QED) is 0.0962. The molecule has 0 saturated carbocycles. The van der Waals surface area contributed by atoms with Gasteiger partial charge in [0.25, 0.3) is 0 Å². The summed E-state index contributed by atoms with van der Waals surface area (Å²) < 4.78 is 92.5. The Morgan fingerprint density at radius 2 is 1.19 bits per heavy atom. The lowest BCUT2D eigenvalue weighted by atomic mass is 10.0. The molecule has 18 heteroatoms. The van der Waals surface area contributed by atoms with E-state index in [9.17, 15) is 35.9 Å². The maximum absolute atomic E-state index is 12.3. The third-order valence-electron chi connectivity index (χ3n) is 7.90. The van der Waals surface area contributed by atoms with E-state index >= 15 is 0 Å². The van der Waals surface area contributed by atoms with Gasteiger partial charge in [-0.1, -0.05) is 36.4 Å². The van der Waals surface area contributed by atoms with Crippen molar-refractivity contribution in [2.75, 3.05) is 0 Å². The third-order valence-corrected chi connectivity index (χ3v) is 7.90. The number of hydrogen-bond acceptors (Lipinski definition) is 11. The van der Waals surface area contributed by atoms with E-state index in [1.165, 1.54) is 65.8 Å². The zero-order valence-electron chi connectivity index (χ0n) is 29.1. The number of aliphatic hydroxyl groups is 1. The Bertz CT molecular complexity index is 2490. The Morgan fingerprint density at radius 3 is 1.70 bits per heavy atom. The second-order valence-electron chi connectivity index (χ2n) is 11.8. The lowest BCUT2D eigenvalue weighted by Gasteiger charge is -2.09. The van der Waals surface area contributed by atoms with Gasteiger partial charge in [0, 0.05) is 18.0 Å². The van der Waals surface area contributed by atoms with Crippen molar-refractivity contribution in [3.8, 4) is 39.5 Å². The minimum atomic E-state index is -4.74. The van der Waals surface area contributed by atoms with Crippen molar-refractivity contribution in [1.82, 2.24) is 24.5 Å². The van der Waals surface area contributed by atoms with Gasteiger partial charge < -0.3 is 23.7 Å². The number of halogens is 6. The van der Waals surface area contributed by atoms with Gasteiger partial charge in [-0.25, -0.2) is 24.7 Å². The predicted octanol–water partition coefficient (Wildman–Crippen LogP) is 7.68. The number of fused-ring (bicyclic) bond motifs is 2. The Labute approximate surface area is 317 Å². The molecule has 292 valence electrons. The Kier molecular flexibility index (Phi) is 11.9. The number of benzene rings is 4. The van der Waals surface area contributed by atoms with Crippen molar-refractivity contribution in [3.63, 3.8) is 0 Å². The molecule has 7 aromatic rings. The number of aromatic nitrogens is 5. The molecule has 12 nitrogen and oxygen atoms in total. The van der Waals surface area contributed by atoms with Crippen molar-refractivity contribution in [2.45, 2.75) is 32.3 Å². The first-order chi connectivity index (χ1) is 27.2. The van der Waals surface area contributed by atoms with Gasteiger partial charge in [0.05, 0.1) is 36.5 Å². The maximum atomic E-state index is 12.3. The number of oxazole rings is 1. The molecule has 0 atom stereocenters. The number of rotatable bonds is 7. The highest BCUT2D eigenvalue weighted by Crippen LogP contribution is 2.33. The summed E-state index contributed by atoms with van der Waals surface area (Å²) in [6, 6.07) is 24.7. The summed E-state index contributed by atoms with van der Waals surface area (Å²) in [5, 5.41) is 8.45. The van der Waals surface area contributed by atoms with Crippen LogP contribution in [0.4, 0.5) is 26.3 Å². The number of nitrogens with zero attached hydrogens (tertiary/aromatic N) is 5. The Hall–Kier alpha value is -7.08. The highest BCUT2D eigenvalue weighted by Gasteiger charge is 2.31. The largest absolute Gasteiger partial charge is 0.573 e. The second-order valence-corrected chi connectivity index (χ2v) is 11.8. The number of alkyl halides is 6. The van der Waals surface area contributed by atoms with Crippen LogP contribution in [0.5, 0.6) is 17.2 Å². The average Bonchev–Trinajstić information content (AvgIpc) is 3.72. The molecule has 0 spiro atoms. The molecule has 1 N–H and O–H groups in total. The molecule has 0 radical (unpaired) electrons. The van der Waals surface area contributed by atoms with Crippen LogP contribution in [0, 0.1) is 0 Å². The van der Waals surface area contributed by atoms with Crippen LogP contribution in [0.25, 0.3) is 33.4 Å². The molecule has 0 unspecified atom stereocenters. The van der Waals surface area contributed by atoms with Crippen LogP contribution in [0.3, 0.4) is 0 Å². The van der Waals surface area contributed by atoms with Crippen molar-refractivity contribution in [3.05, 3.63) is 150 Å². The van der Waals surface area contributed by atoms with Crippen LogP contribution in [0.15, 0.2) is 131 Å². The van der Waals surface area contributed by atoms with Crippen molar-refractivity contribution >= 4 is 17.1 Å². The second kappa shape index (κ2) is 17.2. The van der Waals surface area contributed by atoms with Gasteiger partial charge in [0.2, 0.25) is 0 Å². The lowest BCUT2D eigenvalue weighted by molar-refractivity contribution is -0.275. The summed E-state index contributed by atoms with van der Waals surface area (Å²) in [4.78, 5) is 38.7. The first kappa shape index (κ1) is 39.6. The van der Waals surface area contributed by atoms with Gasteiger partial charge in [0.15, 0.2) is 5.58 Å². The molecule has 0 fully saturated rings. The van der Waals surface area contributed by atoms with Crippen molar-refractivity contribution < 1.29 is 54.9 Å². The Morgan fingerprint density at radius 1 is 0.667 bits per heavy atom. The van der Waals surface area contributed by atoms with E-state index in [4.69, 9.17) is 14.3 Å². The molecular weight excluding hydrogens is 764 g/mol. The van der Waals surface area contributed by atoms with Gasteiger partial charge in [-0.3, -0.25) is 9.36 Å². The number of esters is 1. The lowest BCUT2D eigenvalue weighted by Crippen LogP contribution is -2.16. The van der Waals surface area contributed by atoms with E-state index < -0.39 is 18.5 Å². The molecule has 1 aliphatic rings. The van der Waals surface area contributed by atoms with Gasteiger partial charge in [-0.05, 0) is 82.9 Å². The first-order valence-corrected chi connectivity index (χ1v) is 16.5. The van der Waals surface area contributed by atoms with E-state index in [1.54, 1.807) is 60.9 Å². The molecule has 8 rings (SSSR count). The molecular formula is C39H27F6N5O7. The molecule has 4 heterocycles. The van der Waals surface area contributed by atoms with Crippen LogP contribution in [0.1, 0.15) is 17.0 Å². The van der Waals surface area contributed by atoms with E-state index in [0.717, 1.165) is 16.7 Å². The SMILES string of the molecule is O=C1Cc2cc(-c3ccc(OC(F)(F)F)cc3)ccc2O1.O=c1oc2ccc(-c3ccc(OC(F)(F)F)cc3)cc2n1Cc1ccncn1.OCc1ccncn1. The minimum absolute atomic E-state index is 0.0114. The molecule has 0 saturated heterocycles. The van der Waals surface area contributed by atoms with Crippen LogP contribution in [-0.2, 0) is 24.4 Å². The predicted molar refractivity (Wildman–Crippen MR) is 190 cm³/mol. The van der Waals surface area contributed by atoms with Crippen LogP contribution in [-0.4, -0.2) is 48.3 Å². The van der Waals surface area contributed by atoms with E-state index in [2.05, 4.69) is 29.4 Å². The highest BCUT2D eigenvalue weighted by molar-refractivity contribution is 5.83. The molecule has 0 bridgehead atoms. The fraction of sp³-hybridized carbons (Fsp3) is 0.128. The van der Waals surface area contributed by atoms with Crippen LogP contribution in [0.2, 0.25) is 0 Å². The van der Waals surface area contributed by atoms with E-state index in [-0.39, 0.29) is 37.0 Å². The van der Waals surface area contributed by atoms with Crippen LogP contribution >= 0.6 is 0 Å². The monoisotopic (exact) mass is 791 g/mol. The van der Waals surface area contributed by atoms with Gasteiger partial charge in [0.1, 0.15) is 29.9 Å². The standard InChI is InChI=1S/C19H12F3N3O3.C15H9F3O3.C5H6N2O/c20-19(21,22)28-15-4-1-12(2-5-15)13-3-6-17-16(9-13)25(18(26)27-17)10-14-7-8-23-11-24-14;16-15(17,18)21-12-4-1-9(2-5-12)10-3-6-13-11(7-10)8-14(19)20-13;8-3-5-1-2-6-4-7-5/h1-9,11H,10H2;1-7H,8H2;1-2,4,8H,3H2. The molecule has 4 aromatic carbocycles. The van der Waals surface area contributed by atoms with Crippen molar-refractivity contribution in [2.24, 2.45) is 0 Å². The number of carbonyl (C=O) groups excluding carboxylic acids is 1. The average molecular weight is 792 g/mol. The molecule has 0 aliphatic carbocycles. The zero-order chi connectivity index (χ0) is 40.6. The molecule has 3 aromatic heterocycles. The van der Waals surface area contributed by atoms with E-state index in [1.807, 2.05) is 0 Å². The smallest absolute Gasteiger partial charge is 0.426 e. The summed E-state index contributed by atoms with van der Waals surface area (Å²) in [7, 11) is 0. The van der Waals surface area contributed by atoms with Gasteiger partial charge >= 0.3 is 24.5 Å². The third kappa shape index (κ3) is 11.0. The molecule has 1 aliphatic heterocycles. The number of hydrogen-bond donors (Lipinski definition) is 1. The maximum Gasteiger partial charge on any atom is 0.573 e. The van der Waals surface area contributed by atoms with Gasteiger partial charge in [-0.15, -0.1) is 26.3 Å².